The number of anilines is 1. The maximum Gasteiger partial charge on any atom is 0.318 e. The van der Waals surface area contributed by atoms with Crippen molar-refractivity contribution in [1.29, 1.82) is 0 Å². The molecule has 0 saturated carbocycles. The Morgan fingerprint density at radius 1 is 1.07 bits per heavy atom. The van der Waals surface area contributed by atoms with Gasteiger partial charge in [0.1, 0.15) is 6.04 Å². The van der Waals surface area contributed by atoms with Gasteiger partial charge in [0.15, 0.2) is 0 Å². The van der Waals surface area contributed by atoms with Crippen LogP contribution >= 0.6 is 0 Å². The lowest BCUT2D eigenvalue weighted by atomic mass is 10.1. The second kappa shape index (κ2) is 7.61. The fourth-order valence-electron chi connectivity index (χ4n) is 3.31. The van der Waals surface area contributed by atoms with Gasteiger partial charge in [-0.25, -0.2) is 0 Å². The molecule has 138 valence electrons. The van der Waals surface area contributed by atoms with Gasteiger partial charge in [-0.2, -0.15) is 0 Å². The summed E-state index contributed by atoms with van der Waals surface area (Å²) >= 11 is 0. The number of carbonyl (C=O) groups excluding carboxylic acids is 1. The molecule has 0 unspecified atom stereocenters. The van der Waals surface area contributed by atoms with Gasteiger partial charge in [0.2, 0.25) is 5.89 Å². The summed E-state index contributed by atoms with van der Waals surface area (Å²) in [4.78, 5) is 14.9. The Morgan fingerprint density at radius 3 is 2.59 bits per heavy atom. The number of rotatable bonds is 5. The second-order valence-electron chi connectivity index (χ2n) is 6.80. The van der Waals surface area contributed by atoms with E-state index < -0.39 is 6.04 Å². The van der Waals surface area contributed by atoms with Crippen LogP contribution in [0, 0.1) is 6.92 Å². The Labute approximate surface area is 158 Å². The highest BCUT2D eigenvalue weighted by Gasteiger charge is 2.26. The molecule has 1 aliphatic heterocycles. The van der Waals surface area contributed by atoms with Gasteiger partial charge in [0.25, 0.3) is 5.91 Å². The zero-order valence-electron chi connectivity index (χ0n) is 15.3. The third-order valence-electron chi connectivity index (χ3n) is 4.74. The van der Waals surface area contributed by atoms with Crippen molar-refractivity contribution in [3.63, 3.8) is 0 Å². The Morgan fingerprint density at radius 2 is 1.85 bits per heavy atom. The molecule has 2 heterocycles. The van der Waals surface area contributed by atoms with E-state index >= 15 is 0 Å². The fraction of sp³-hybridized carbons (Fsp3) is 0.286. The van der Waals surface area contributed by atoms with Crippen LogP contribution in [0.1, 0.15) is 46.3 Å². The van der Waals surface area contributed by atoms with E-state index in [1.165, 1.54) is 0 Å². The number of amides is 1. The van der Waals surface area contributed by atoms with Crippen LogP contribution in [0.15, 0.2) is 59.0 Å². The normalized spacial score (nSPS) is 14.9. The van der Waals surface area contributed by atoms with E-state index in [4.69, 9.17) is 4.42 Å². The molecule has 4 rings (SSSR count). The van der Waals surface area contributed by atoms with Crippen LogP contribution in [0.25, 0.3) is 0 Å². The number of aryl methyl sites for hydroxylation is 1. The molecule has 3 aromatic rings. The molecule has 1 atom stereocenters. The van der Waals surface area contributed by atoms with Gasteiger partial charge < -0.3 is 14.6 Å². The van der Waals surface area contributed by atoms with Crippen molar-refractivity contribution in [1.82, 2.24) is 15.5 Å². The van der Waals surface area contributed by atoms with Crippen molar-refractivity contribution >= 4 is 11.9 Å². The predicted octanol–water partition coefficient (Wildman–Crippen LogP) is 3.50. The van der Waals surface area contributed by atoms with E-state index in [1.807, 2.05) is 55.5 Å². The number of benzene rings is 2. The van der Waals surface area contributed by atoms with E-state index in [0.717, 1.165) is 37.1 Å². The fourth-order valence-corrected chi connectivity index (χ4v) is 3.31. The SMILES string of the molecule is Cc1cccc(C(=O)N[C@H](c2ccccc2)c2nnc(N3CCCC3)o2)c1. The van der Waals surface area contributed by atoms with E-state index in [9.17, 15) is 4.79 Å². The first-order valence-electron chi connectivity index (χ1n) is 9.21. The summed E-state index contributed by atoms with van der Waals surface area (Å²) in [5.41, 5.74) is 2.54. The molecule has 1 aromatic heterocycles. The van der Waals surface area contributed by atoms with Crippen LogP contribution < -0.4 is 10.2 Å². The monoisotopic (exact) mass is 362 g/mol. The van der Waals surface area contributed by atoms with E-state index in [1.54, 1.807) is 6.07 Å². The molecule has 27 heavy (non-hydrogen) atoms. The van der Waals surface area contributed by atoms with E-state index in [0.29, 0.717) is 17.5 Å². The van der Waals surface area contributed by atoms with Gasteiger partial charge >= 0.3 is 6.01 Å². The maximum absolute atomic E-state index is 12.8. The number of hydrogen-bond donors (Lipinski definition) is 1. The topological polar surface area (TPSA) is 71.3 Å². The summed E-state index contributed by atoms with van der Waals surface area (Å²) in [6.07, 6.45) is 2.26. The van der Waals surface area contributed by atoms with E-state index in [-0.39, 0.29) is 5.91 Å². The highest BCUT2D eigenvalue weighted by molar-refractivity contribution is 5.94. The molecule has 6 nitrogen and oxygen atoms in total. The van der Waals surface area contributed by atoms with Crippen molar-refractivity contribution in [2.24, 2.45) is 0 Å². The average molecular weight is 362 g/mol. The lowest BCUT2D eigenvalue weighted by molar-refractivity contribution is 0.0938. The third-order valence-corrected chi connectivity index (χ3v) is 4.74. The molecule has 0 aliphatic carbocycles. The number of nitrogens with one attached hydrogen (secondary N) is 1. The first kappa shape index (κ1) is 17.3. The minimum absolute atomic E-state index is 0.173. The standard InChI is InChI=1S/C21H22N4O2/c1-15-8-7-11-17(14-15)19(26)22-18(16-9-3-2-4-10-16)20-23-24-21(27-20)25-12-5-6-13-25/h2-4,7-11,14,18H,5-6,12-13H2,1H3,(H,22,26)/t18-/m1/s1. The zero-order valence-corrected chi connectivity index (χ0v) is 15.3. The minimum atomic E-state index is -0.497. The van der Waals surface area contributed by atoms with Gasteiger partial charge in [-0.3, -0.25) is 4.79 Å². The largest absolute Gasteiger partial charge is 0.405 e. The molecule has 1 N–H and O–H groups in total. The summed E-state index contributed by atoms with van der Waals surface area (Å²) < 4.78 is 5.93. The summed E-state index contributed by atoms with van der Waals surface area (Å²) in [5, 5.41) is 11.5. The quantitative estimate of drug-likeness (QED) is 0.752. The molecule has 6 heteroatoms. The number of aromatic nitrogens is 2. The van der Waals surface area contributed by atoms with Crippen LogP contribution in [0.4, 0.5) is 6.01 Å². The van der Waals surface area contributed by atoms with Crippen molar-refractivity contribution in [2.75, 3.05) is 18.0 Å². The van der Waals surface area contributed by atoms with Crippen LogP contribution in [-0.4, -0.2) is 29.2 Å². The number of nitrogens with zero attached hydrogens (tertiary/aromatic N) is 3. The highest BCUT2D eigenvalue weighted by atomic mass is 16.4. The number of hydrogen-bond acceptors (Lipinski definition) is 5. The van der Waals surface area contributed by atoms with Gasteiger partial charge in [-0.05, 0) is 37.5 Å². The van der Waals surface area contributed by atoms with Gasteiger partial charge in [-0.1, -0.05) is 53.1 Å². The van der Waals surface area contributed by atoms with Crippen molar-refractivity contribution in [3.05, 3.63) is 77.2 Å². The molecule has 1 fully saturated rings. The Kier molecular flexibility index (Phi) is 4.87. The molecule has 2 aromatic carbocycles. The van der Waals surface area contributed by atoms with Crippen LogP contribution in [0.5, 0.6) is 0 Å². The Balaban J connectivity index is 1.62. The maximum atomic E-state index is 12.8. The summed E-state index contributed by atoms with van der Waals surface area (Å²) in [7, 11) is 0. The van der Waals surface area contributed by atoms with Gasteiger partial charge in [0, 0.05) is 18.7 Å². The van der Waals surface area contributed by atoms with Crippen LogP contribution in [-0.2, 0) is 0 Å². The molecule has 0 spiro atoms. The zero-order chi connectivity index (χ0) is 18.6. The molecular weight excluding hydrogens is 340 g/mol. The summed E-state index contributed by atoms with van der Waals surface area (Å²) in [5.74, 6) is 0.220. The highest BCUT2D eigenvalue weighted by Crippen LogP contribution is 2.26. The Hall–Kier alpha value is -3.15. The number of carbonyl (C=O) groups is 1. The van der Waals surface area contributed by atoms with Crippen molar-refractivity contribution in [3.8, 4) is 0 Å². The van der Waals surface area contributed by atoms with Crippen LogP contribution in [0.3, 0.4) is 0 Å². The molecule has 1 aliphatic rings. The predicted molar refractivity (Wildman–Crippen MR) is 103 cm³/mol. The molecule has 0 radical (unpaired) electrons. The smallest absolute Gasteiger partial charge is 0.318 e. The average Bonchev–Trinajstić information content (AvgIpc) is 3.38. The first-order chi connectivity index (χ1) is 13.2. The summed E-state index contributed by atoms with van der Waals surface area (Å²) in [6.45, 7) is 3.81. The van der Waals surface area contributed by atoms with Gasteiger partial charge in [0.05, 0.1) is 0 Å². The molecule has 0 bridgehead atoms. The van der Waals surface area contributed by atoms with Crippen molar-refractivity contribution < 1.29 is 9.21 Å². The van der Waals surface area contributed by atoms with E-state index in [2.05, 4.69) is 20.4 Å². The molecular formula is C21H22N4O2. The van der Waals surface area contributed by atoms with Gasteiger partial charge in [-0.15, -0.1) is 5.10 Å². The lowest BCUT2D eigenvalue weighted by Crippen LogP contribution is -2.29. The first-order valence-corrected chi connectivity index (χ1v) is 9.21. The molecule has 1 amide bonds. The summed E-state index contributed by atoms with van der Waals surface area (Å²) in [6, 6.07) is 17.2. The second-order valence-corrected chi connectivity index (χ2v) is 6.80. The van der Waals surface area contributed by atoms with Crippen LogP contribution in [0.2, 0.25) is 0 Å². The Bertz CT molecular complexity index is 917. The lowest BCUT2D eigenvalue weighted by Gasteiger charge is -2.16. The third kappa shape index (κ3) is 3.84. The minimum Gasteiger partial charge on any atom is -0.405 e. The molecule has 1 saturated heterocycles. The van der Waals surface area contributed by atoms with Crippen molar-refractivity contribution in [2.45, 2.75) is 25.8 Å².